The number of nitriles is 2. The van der Waals surface area contributed by atoms with Crippen molar-refractivity contribution in [1.82, 2.24) is 19.1 Å². The fraction of sp³-hybridized carbons (Fsp3) is 0.0690. The first-order chi connectivity index (χ1) is 33.0. The van der Waals surface area contributed by atoms with Gasteiger partial charge in [-0.25, -0.2) is 0 Å². The van der Waals surface area contributed by atoms with Crippen LogP contribution in [0.5, 0.6) is 17.2 Å². The summed E-state index contributed by atoms with van der Waals surface area (Å²) >= 11 is 0. The lowest BCUT2D eigenvalue weighted by molar-refractivity contribution is 0.218. The number of aromatic nitrogens is 4. The smallest absolute Gasteiger partial charge is 0.144 e. The third kappa shape index (κ3) is 7.03. The number of rotatable bonds is 11. The molecule has 11 aromatic rings. The summed E-state index contributed by atoms with van der Waals surface area (Å²) in [5, 5.41) is 24.9. The van der Waals surface area contributed by atoms with Crippen LogP contribution in [0.4, 0.5) is 0 Å². The molecule has 0 fully saturated rings. The van der Waals surface area contributed by atoms with E-state index in [1.807, 2.05) is 91.9 Å². The van der Waals surface area contributed by atoms with Crippen molar-refractivity contribution < 1.29 is 14.2 Å². The van der Waals surface area contributed by atoms with Crippen molar-refractivity contribution in [2.24, 2.45) is 0 Å². The minimum absolute atomic E-state index is 0.254. The Hall–Kier alpha value is -9.18. The molecule has 9 heteroatoms. The predicted octanol–water partition coefficient (Wildman–Crippen LogP) is 13.2. The van der Waals surface area contributed by atoms with Gasteiger partial charge in [-0.1, -0.05) is 72.8 Å². The van der Waals surface area contributed by atoms with Gasteiger partial charge in [0.15, 0.2) is 0 Å². The fourth-order valence-corrected chi connectivity index (χ4v) is 9.47. The van der Waals surface area contributed by atoms with Crippen LogP contribution in [0.2, 0.25) is 0 Å². The average molecular weight is 869 g/mol. The summed E-state index contributed by atoms with van der Waals surface area (Å²) in [6.45, 7) is 2.57. The molecule has 0 aliphatic rings. The molecule has 67 heavy (non-hydrogen) atoms. The number of fused-ring (bicyclic) bond motifs is 6. The van der Waals surface area contributed by atoms with Gasteiger partial charge in [0.25, 0.3) is 0 Å². The fourth-order valence-electron chi connectivity index (χ4n) is 9.47. The molecule has 0 N–H and O–H groups in total. The zero-order valence-corrected chi connectivity index (χ0v) is 36.6. The van der Waals surface area contributed by atoms with Crippen LogP contribution in [-0.2, 0) is 0 Å². The highest BCUT2D eigenvalue weighted by atomic mass is 16.5. The Balaban J connectivity index is 0.990. The van der Waals surface area contributed by atoms with Crippen molar-refractivity contribution in [3.63, 3.8) is 0 Å². The third-order valence-electron chi connectivity index (χ3n) is 12.5. The Labute approximate surface area is 386 Å². The molecule has 0 spiro atoms. The van der Waals surface area contributed by atoms with Crippen LogP contribution < -0.4 is 14.2 Å². The van der Waals surface area contributed by atoms with E-state index in [9.17, 15) is 10.5 Å². The van der Waals surface area contributed by atoms with Gasteiger partial charge in [0, 0.05) is 74.8 Å². The van der Waals surface area contributed by atoms with E-state index in [1.54, 1.807) is 31.9 Å². The molecule has 11 rings (SSSR count). The van der Waals surface area contributed by atoms with Gasteiger partial charge in [-0.15, -0.1) is 0 Å². The molecule has 0 radical (unpaired) electrons. The van der Waals surface area contributed by atoms with Crippen molar-refractivity contribution in [3.8, 4) is 74.1 Å². The molecule has 4 aromatic heterocycles. The van der Waals surface area contributed by atoms with Gasteiger partial charge in [0.05, 0.1) is 58.1 Å². The quantitative estimate of drug-likeness (QED) is 0.119. The van der Waals surface area contributed by atoms with E-state index in [0.29, 0.717) is 28.4 Å². The molecule has 320 valence electrons. The number of pyridine rings is 2. The summed E-state index contributed by atoms with van der Waals surface area (Å²) in [6.07, 6.45) is 6.98. The van der Waals surface area contributed by atoms with Crippen LogP contribution in [0.25, 0.3) is 88.4 Å². The highest BCUT2D eigenvalue weighted by Gasteiger charge is 2.24. The Morgan fingerprint density at radius 1 is 0.478 bits per heavy atom. The maximum absolute atomic E-state index is 10.5. The van der Waals surface area contributed by atoms with Crippen LogP contribution in [0.3, 0.4) is 0 Å². The Morgan fingerprint density at radius 2 is 1.04 bits per heavy atom. The number of para-hydroxylation sites is 3. The summed E-state index contributed by atoms with van der Waals surface area (Å²) in [7, 11) is 1.69. The van der Waals surface area contributed by atoms with Gasteiger partial charge in [-0.3, -0.25) is 9.97 Å². The van der Waals surface area contributed by atoms with Crippen LogP contribution in [-0.4, -0.2) is 39.4 Å². The van der Waals surface area contributed by atoms with E-state index < -0.39 is 0 Å². The van der Waals surface area contributed by atoms with E-state index in [2.05, 4.69) is 104 Å². The van der Waals surface area contributed by atoms with Crippen molar-refractivity contribution in [2.75, 3.05) is 20.3 Å². The van der Waals surface area contributed by atoms with Crippen LogP contribution in [0.15, 0.2) is 183 Å². The van der Waals surface area contributed by atoms with Gasteiger partial charge in [0.2, 0.25) is 0 Å². The Morgan fingerprint density at radius 3 is 1.73 bits per heavy atom. The molecule has 0 aliphatic carbocycles. The Bertz CT molecular complexity index is 3770. The maximum atomic E-state index is 10.5. The maximum Gasteiger partial charge on any atom is 0.144 e. The van der Waals surface area contributed by atoms with E-state index in [1.165, 1.54) is 0 Å². The summed E-state index contributed by atoms with van der Waals surface area (Å²) in [5.74, 6) is 2.08. The molecule has 0 atom stereocenters. The standard InChI is InChI=1S/C58H40N6O3/c1-37-30-41(35-59)48(39-20-24-61-25-21-39)33-52(37)63-51-15-7-6-12-44(51)45-19-18-43(32-53(45)63)66-28-29-67-56-17-9-14-47-46-13-8-16-55(65-2)57(46)64(58(47)56)54-34-49(40-22-26-62-27-23-40)42(36-60)31-50(54)38-10-4-3-5-11-38/h3-27,30-34H,28-29H2,1-2H3. The molecule has 0 aliphatic heterocycles. The summed E-state index contributed by atoms with van der Waals surface area (Å²) in [6, 6.07) is 57.6. The van der Waals surface area contributed by atoms with Crippen molar-refractivity contribution in [3.05, 3.63) is 199 Å². The topological polar surface area (TPSA) is 111 Å². The zero-order valence-electron chi connectivity index (χ0n) is 36.6. The first kappa shape index (κ1) is 40.6. The van der Waals surface area contributed by atoms with Gasteiger partial charge in [-0.2, -0.15) is 10.5 Å². The van der Waals surface area contributed by atoms with Crippen molar-refractivity contribution >= 4 is 43.6 Å². The summed E-state index contributed by atoms with van der Waals surface area (Å²) < 4.78 is 23.8. The number of ether oxygens (including phenoxy) is 3. The molecule has 7 aromatic carbocycles. The monoisotopic (exact) mass is 868 g/mol. The normalized spacial score (nSPS) is 11.2. The van der Waals surface area contributed by atoms with Crippen LogP contribution in [0.1, 0.15) is 16.7 Å². The van der Waals surface area contributed by atoms with Gasteiger partial charge < -0.3 is 23.3 Å². The lowest BCUT2D eigenvalue weighted by atomic mass is 9.94. The number of methoxy groups -OCH3 is 1. The molecule has 0 unspecified atom stereocenters. The van der Waals surface area contributed by atoms with E-state index in [4.69, 9.17) is 14.2 Å². The van der Waals surface area contributed by atoms with E-state index in [-0.39, 0.29) is 13.2 Å². The molecular weight excluding hydrogens is 829 g/mol. The van der Waals surface area contributed by atoms with E-state index >= 15 is 0 Å². The highest BCUT2D eigenvalue weighted by molar-refractivity contribution is 6.14. The number of nitrogens with zero attached hydrogens (tertiary/aromatic N) is 6. The Kier molecular flexibility index (Phi) is 10.3. The number of aryl methyl sites for hydroxylation is 1. The summed E-state index contributed by atoms with van der Waals surface area (Å²) in [4.78, 5) is 8.46. The van der Waals surface area contributed by atoms with Crippen molar-refractivity contribution in [1.29, 1.82) is 10.5 Å². The lowest BCUT2D eigenvalue weighted by Gasteiger charge is -2.19. The first-order valence-electron chi connectivity index (χ1n) is 21.9. The van der Waals surface area contributed by atoms with E-state index in [0.717, 1.165) is 93.9 Å². The molecule has 4 heterocycles. The second kappa shape index (κ2) is 17.1. The number of hydrogen-bond donors (Lipinski definition) is 0. The number of hydrogen-bond acceptors (Lipinski definition) is 7. The van der Waals surface area contributed by atoms with Gasteiger partial charge >= 0.3 is 0 Å². The largest absolute Gasteiger partial charge is 0.495 e. The van der Waals surface area contributed by atoms with Gasteiger partial charge in [-0.05, 0) is 108 Å². The van der Waals surface area contributed by atoms with Gasteiger partial charge in [0.1, 0.15) is 30.5 Å². The molecule has 0 amide bonds. The lowest BCUT2D eigenvalue weighted by Crippen LogP contribution is -2.10. The molecule has 0 saturated heterocycles. The zero-order chi connectivity index (χ0) is 45.4. The number of benzene rings is 7. The van der Waals surface area contributed by atoms with Crippen LogP contribution in [0, 0.1) is 29.6 Å². The minimum atomic E-state index is 0.254. The minimum Gasteiger partial charge on any atom is -0.495 e. The SMILES string of the molecule is COc1cccc2c3cccc(OCCOc4ccc5c6ccccc6n(-c6cc(-c7ccncc7)c(C#N)cc6C)c5c4)c3n(-c3cc(-c4ccncc4)c(C#N)cc3-c3ccccc3)c12. The second-order valence-electron chi connectivity index (χ2n) is 16.2. The molecule has 9 nitrogen and oxygen atoms in total. The third-order valence-corrected chi connectivity index (χ3v) is 12.5. The predicted molar refractivity (Wildman–Crippen MR) is 265 cm³/mol. The van der Waals surface area contributed by atoms with Crippen LogP contribution >= 0.6 is 0 Å². The molecule has 0 bridgehead atoms. The first-order valence-corrected chi connectivity index (χ1v) is 21.9. The second-order valence-corrected chi connectivity index (χ2v) is 16.2. The highest BCUT2D eigenvalue weighted by Crippen LogP contribution is 2.45. The van der Waals surface area contributed by atoms with Crippen molar-refractivity contribution in [2.45, 2.75) is 6.92 Å². The summed E-state index contributed by atoms with van der Waals surface area (Å²) in [5.41, 5.74) is 13.0. The molecule has 0 saturated carbocycles. The average Bonchev–Trinajstić information content (AvgIpc) is 3.91. The molecular formula is C58H40N6O3.